The van der Waals surface area contributed by atoms with E-state index < -0.39 is 0 Å². The van der Waals surface area contributed by atoms with Gasteiger partial charge in [0.25, 0.3) is 0 Å². The summed E-state index contributed by atoms with van der Waals surface area (Å²) in [4.78, 5) is 12.7. The first-order valence-corrected chi connectivity index (χ1v) is 16.9. The molecular weight excluding hydrogens is 609 g/mol. The minimum Gasteiger partial charge on any atom is -0.295 e. The molecule has 1 aliphatic rings. The Morgan fingerprint density at radius 1 is 0.380 bits per heavy atom. The zero-order chi connectivity index (χ0) is 33.0. The molecule has 0 saturated carbocycles. The molecule has 234 valence electrons. The maximum Gasteiger partial charge on any atom is 0.160 e. The Morgan fingerprint density at radius 2 is 0.980 bits per heavy atom. The van der Waals surface area contributed by atoms with E-state index in [2.05, 4.69) is 179 Å². The minimum absolute atomic E-state index is 0.685. The fraction of sp³-hybridized carbons (Fsp3) is 0. The van der Waals surface area contributed by atoms with Crippen LogP contribution in [0, 0.1) is 0 Å². The average molecular weight is 639 g/mol. The van der Waals surface area contributed by atoms with Gasteiger partial charge in [-0.3, -0.25) is 9.47 Å². The molecule has 3 heterocycles. The summed E-state index contributed by atoms with van der Waals surface area (Å²) in [6.45, 7) is 0. The van der Waals surface area contributed by atoms with Crippen molar-refractivity contribution in [2.45, 2.75) is 0 Å². The van der Waals surface area contributed by atoms with Gasteiger partial charge in [-0.15, -0.1) is 0 Å². The lowest BCUT2D eigenvalue weighted by Gasteiger charge is -2.27. The number of rotatable bonds is 4. The number of aromatic nitrogens is 3. The zero-order valence-corrected chi connectivity index (χ0v) is 27.1. The molecule has 9 aromatic rings. The molecular formula is C46H30N4. The topological polar surface area (TPSA) is 34.0 Å². The summed E-state index contributed by atoms with van der Waals surface area (Å²) < 4.78 is 2.40. The van der Waals surface area contributed by atoms with E-state index in [0.717, 1.165) is 51.0 Å². The molecule has 0 N–H and O–H groups in total. The summed E-state index contributed by atoms with van der Waals surface area (Å²) >= 11 is 0. The van der Waals surface area contributed by atoms with Crippen LogP contribution in [-0.2, 0) is 0 Å². The van der Waals surface area contributed by atoms with Crippen LogP contribution in [0.25, 0.3) is 72.4 Å². The Balaban J connectivity index is 1.23. The fourth-order valence-electron chi connectivity index (χ4n) is 7.35. The zero-order valence-electron chi connectivity index (χ0n) is 27.1. The van der Waals surface area contributed by atoms with E-state index in [1.807, 2.05) is 12.1 Å². The second-order valence-corrected chi connectivity index (χ2v) is 12.7. The number of hydrogen-bond donors (Lipinski definition) is 0. The number of fused-ring (bicyclic) bond motifs is 8. The van der Waals surface area contributed by atoms with Gasteiger partial charge in [-0.1, -0.05) is 133 Å². The Bertz CT molecular complexity index is 2650. The lowest BCUT2D eigenvalue weighted by atomic mass is 9.97. The van der Waals surface area contributed by atoms with E-state index in [-0.39, 0.29) is 0 Å². The molecule has 0 aliphatic carbocycles. The highest BCUT2D eigenvalue weighted by atomic mass is 15.3. The Labute approximate surface area is 290 Å². The van der Waals surface area contributed by atoms with Crippen molar-refractivity contribution in [3.05, 3.63) is 182 Å². The first-order chi connectivity index (χ1) is 24.8. The predicted molar refractivity (Wildman–Crippen MR) is 206 cm³/mol. The van der Waals surface area contributed by atoms with E-state index in [4.69, 9.17) is 9.97 Å². The van der Waals surface area contributed by atoms with E-state index in [0.29, 0.717) is 5.82 Å². The van der Waals surface area contributed by atoms with Gasteiger partial charge in [0.1, 0.15) is 5.82 Å². The van der Waals surface area contributed by atoms with Crippen molar-refractivity contribution >= 4 is 38.9 Å². The molecule has 0 spiro atoms. The van der Waals surface area contributed by atoms with Crippen molar-refractivity contribution in [1.82, 2.24) is 14.5 Å². The first kappa shape index (κ1) is 28.3. The van der Waals surface area contributed by atoms with E-state index >= 15 is 0 Å². The van der Waals surface area contributed by atoms with Crippen molar-refractivity contribution in [1.29, 1.82) is 0 Å². The van der Waals surface area contributed by atoms with Crippen LogP contribution in [0.3, 0.4) is 0 Å². The van der Waals surface area contributed by atoms with Crippen molar-refractivity contribution < 1.29 is 0 Å². The summed E-state index contributed by atoms with van der Waals surface area (Å²) in [6, 6.07) is 64.5. The van der Waals surface area contributed by atoms with Gasteiger partial charge in [0, 0.05) is 38.9 Å². The molecule has 1 aliphatic heterocycles. The van der Waals surface area contributed by atoms with Gasteiger partial charge < -0.3 is 0 Å². The summed E-state index contributed by atoms with van der Waals surface area (Å²) in [5.74, 6) is 1.76. The number of para-hydroxylation sites is 2. The van der Waals surface area contributed by atoms with E-state index in [1.165, 1.54) is 32.8 Å². The van der Waals surface area contributed by atoms with Crippen LogP contribution in [0.4, 0.5) is 17.2 Å². The quantitative estimate of drug-likeness (QED) is 0.192. The average Bonchev–Trinajstić information content (AvgIpc) is 3.52. The Morgan fingerprint density at radius 3 is 1.72 bits per heavy atom. The molecule has 0 fully saturated rings. The van der Waals surface area contributed by atoms with Gasteiger partial charge in [-0.25, -0.2) is 9.97 Å². The summed E-state index contributed by atoms with van der Waals surface area (Å²) in [6.07, 6.45) is 0. The SMILES string of the molecule is c1ccc(-c2cc(-c3ccccc3)nc(-c3cccc(N4c5cc6ccccc6cc5-c5ccccc5-n5c4cc4ccccc45)c3)n2)cc1. The normalized spacial score (nSPS) is 12.0. The predicted octanol–water partition coefficient (Wildman–Crippen LogP) is 12.0. The molecule has 50 heavy (non-hydrogen) atoms. The maximum absolute atomic E-state index is 5.17. The minimum atomic E-state index is 0.685. The number of nitrogens with zero attached hydrogens (tertiary/aromatic N) is 4. The van der Waals surface area contributed by atoms with Gasteiger partial charge in [-0.05, 0) is 59.3 Å². The van der Waals surface area contributed by atoms with Crippen molar-refractivity contribution in [3.63, 3.8) is 0 Å². The highest BCUT2D eigenvalue weighted by Gasteiger charge is 2.28. The van der Waals surface area contributed by atoms with Crippen LogP contribution in [0.2, 0.25) is 0 Å². The third-order valence-electron chi connectivity index (χ3n) is 9.69. The smallest absolute Gasteiger partial charge is 0.160 e. The van der Waals surface area contributed by atoms with Crippen LogP contribution in [0.5, 0.6) is 0 Å². The molecule has 10 rings (SSSR count). The molecule has 0 amide bonds. The Kier molecular flexibility index (Phi) is 6.46. The maximum atomic E-state index is 5.17. The van der Waals surface area contributed by atoms with Crippen molar-refractivity contribution in [3.8, 4) is 50.7 Å². The number of benzene rings is 7. The highest BCUT2D eigenvalue weighted by molar-refractivity contribution is 6.04. The van der Waals surface area contributed by atoms with Crippen LogP contribution in [0.1, 0.15) is 0 Å². The third-order valence-corrected chi connectivity index (χ3v) is 9.69. The van der Waals surface area contributed by atoms with Crippen LogP contribution in [-0.4, -0.2) is 14.5 Å². The highest BCUT2D eigenvalue weighted by Crippen LogP contribution is 2.50. The largest absolute Gasteiger partial charge is 0.295 e. The van der Waals surface area contributed by atoms with Gasteiger partial charge in [0.2, 0.25) is 0 Å². The van der Waals surface area contributed by atoms with Gasteiger partial charge in [0.05, 0.1) is 28.3 Å². The molecule has 7 aromatic carbocycles. The summed E-state index contributed by atoms with van der Waals surface area (Å²) in [7, 11) is 0. The van der Waals surface area contributed by atoms with Crippen LogP contribution >= 0.6 is 0 Å². The van der Waals surface area contributed by atoms with Gasteiger partial charge in [0.15, 0.2) is 5.82 Å². The molecule has 0 radical (unpaired) electrons. The molecule has 0 bridgehead atoms. The lowest BCUT2D eigenvalue weighted by molar-refractivity contribution is 1.09. The number of hydrogen-bond acceptors (Lipinski definition) is 3. The fourth-order valence-corrected chi connectivity index (χ4v) is 7.35. The molecule has 4 heteroatoms. The first-order valence-electron chi connectivity index (χ1n) is 16.9. The third kappa shape index (κ3) is 4.61. The van der Waals surface area contributed by atoms with E-state index in [9.17, 15) is 0 Å². The second-order valence-electron chi connectivity index (χ2n) is 12.7. The summed E-state index contributed by atoms with van der Waals surface area (Å²) in [5, 5.41) is 3.60. The van der Waals surface area contributed by atoms with Gasteiger partial charge in [-0.2, -0.15) is 0 Å². The van der Waals surface area contributed by atoms with Crippen molar-refractivity contribution in [2.75, 3.05) is 4.90 Å². The van der Waals surface area contributed by atoms with Crippen molar-refractivity contribution in [2.24, 2.45) is 0 Å². The second kappa shape index (κ2) is 11.4. The van der Waals surface area contributed by atoms with Crippen LogP contribution in [0.15, 0.2) is 182 Å². The molecule has 0 saturated heterocycles. The molecule has 2 aromatic heterocycles. The van der Waals surface area contributed by atoms with Gasteiger partial charge >= 0.3 is 0 Å². The van der Waals surface area contributed by atoms with E-state index in [1.54, 1.807) is 0 Å². The Hall–Kier alpha value is -6.78. The lowest BCUT2D eigenvalue weighted by Crippen LogP contribution is -2.13. The monoisotopic (exact) mass is 638 g/mol. The molecule has 0 atom stereocenters. The molecule has 0 unspecified atom stereocenters. The molecule has 4 nitrogen and oxygen atoms in total. The van der Waals surface area contributed by atoms with Crippen LogP contribution < -0.4 is 4.90 Å². The standard InChI is InChI=1S/C46H30N4/c1-3-14-31(15-4-1)40-30-41(32-16-5-2-6-17-32)48-46(47-40)36-21-13-22-37(26-36)49-44-28-34-19-8-7-18-33(34)27-39(44)38-23-10-12-25-43(38)50-42-24-11-9-20-35(42)29-45(49)50/h1-30H. The summed E-state index contributed by atoms with van der Waals surface area (Å²) in [5.41, 5.74) is 11.7. The number of anilines is 3.